The van der Waals surface area contributed by atoms with Gasteiger partial charge in [0, 0.05) is 45.7 Å². The monoisotopic (exact) mass is 504 g/mol. The third-order valence-electron chi connectivity index (χ3n) is 5.93. The zero-order valence-corrected chi connectivity index (χ0v) is 18.1. The maximum Gasteiger partial charge on any atom is 0.198 e. The van der Waals surface area contributed by atoms with Crippen LogP contribution < -0.4 is 4.74 Å². The highest BCUT2D eigenvalue weighted by Gasteiger charge is 2.31. The molecule has 0 amide bonds. The summed E-state index contributed by atoms with van der Waals surface area (Å²) in [6.07, 6.45) is 0. The number of halogens is 8. The van der Waals surface area contributed by atoms with Gasteiger partial charge in [-0.1, -0.05) is 24.3 Å². The molecule has 5 rings (SSSR count). The molecule has 0 spiro atoms. The van der Waals surface area contributed by atoms with Gasteiger partial charge in [0.15, 0.2) is 23.3 Å². The van der Waals surface area contributed by atoms with E-state index in [2.05, 4.69) is 0 Å². The molecule has 0 aliphatic rings. The summed E-state index contributed by atoms with van der Waals surface area (Å²) in [5.74, 6) is -13.2. The molecule has 182 valence electrons. The third kappa shape index (κ3) is 3.37. The zero-order valence-electron chi connectivity index (χ0n) is 18.1. The first kappa shape index (κ1) is 23.6. The first-order chi connectivity index (χ1) is 17.1. The second-order valence-corrected chi connectivity index (χ2v) is 7.89. The van der Waals surface area contributed by atoms with Crippen LogP contribution in [-0.4, -0.2) is 7.11 Å². The van der Waals surface area contributed by atoms with Crippen LogP contribution in [0, 0.1) is 46.5 Å². The van der Waals surface area contributed by atoms with Crippen molar-refractivity contribution in [1.82, 2.24) is 0 Å². The zero-order chi connectivity index (χ0) is 25.9. The van der Waals surface area contributed by atoms with Gasteiger partial charge >= 0.3 is 0 Å². The van der Waals surface area contributed by atoms with Gasteiger partial charge in [0.2, 0.25) is 0 Å². The Morgan fingerprint density at radius 3 is 1.58 bits per heavy atom. The molecule has 5 aromatic rings. The van der Waals surface area contributed by atoms with E-state index in [0.717, 1.165) is 31.4 Å². The summed E-state index contributed by atoms with van der Waals surface area (Å²) in [7, 11) is 1.15. The normalized spacial score (nSPS) is 11.5. The van der Waals surface area contributed by atoms with Crippen LogP contribution in [0.25, 0.3) is 43.8 Å². The quantitative estimate of drug-likeness (QED) is 0.104. The minimum absolute atomic E-state index is 0.0792. The molecule has 0 N–H and O–H groups in total. The molecule has 0 saturated heterocycles. The number of benzene rings is 5. The Morgan fingerprint density at radius 1 is 0.528 bits per heavy atom. The molecule has 0 saturated carbocycles. The molecule has 0 aliphatic carbocycles. The smallest absolute Gasteiger partial charge is 0.198 e. The van der Waals surface area contributed by atoms with Crippen LogP contribution in [-0.2, 0) is 0 Å². The maximum atomic E-state index is 15.4. The highest BCUT2D eigenvalue weighted by Crippen LogP contribution is 2.48. The van der Waals surface area contributed by atoms with Crippen LogP contribution in [0.5, 0.6) is 5.75 Å². The lowest BCUT2D eigenvalue weighted by Gasteiger charge is -2.20. The average Bonchev–Trinajstić information content (AvgIpc) is 2.85. The van der Waals surface area contributed by atoms with Gasteiger partial charge in [-0.15, -0.1) is 0 Å². The predicted octanol–water partition coefficient (Wildman–Crippen LogP) is 8.45. The predicted molar refractivity (Wildman–Crippen MR) is 119 cm³/mol. The van der Waals surface area contributed by atoms with Crippen molar-refractivity contribution in [1.29, 1.82) is 0 Å². The molecule has 0 unspecified atom stereocenters. The van der Waals surface area contributed by atoms with Crippen LogP contribution in [0.15, 0.2) is 54.6 Å². The molecule has 1 nitrogen and oxygen atoms in total. The first-order valence-corrected chi connectivity index (χ1v) is 10.3. The number of rotatable bonds is 3. The summed E-state index contributed by atoms with van der Waals surface area (Å²) in [6, 6.07) is 9.17. The van der Waals surface area contributed by atoms with E-state index < -0.39 is 79.6 Å². The molecule has 36 heavy (non-hydrogen) atoms. The van der Waals surface area contributed by atoms with E-state index in [1.165, 1.54) is 24.3 Å². The van der Waals surface area contributed by atoms with Crippen LogP contribution in [0.4, 0.5) is 35.1 Å². The number of hydrogen-bond acceptors (Lipinski definition) is 1. The minimum atomic E-state index is -2.23. The van der Waals surface area contributed by atoms with Crippen LogP contribution >= 0.6 is 0 Å². The second kappa shape index (κ2) is 8.51. The van der Waals surface area contributed by atoms with Crippen LogP contribution in [0.1, 0.15) is 0 Å². The molecular weight excluding hydrogens is 492 g/mol. The number of ether oxygens (including phenoxy) is 1. The first-order valence-electron chi connectivity index (χ1n) is 10.3. The Morgan fingerprint density at radius 2 is 1.06 bits per heavy atom. The van der Waals surface area contributed by atoms with Gasteiger partial charge in [-0.2, -0.15) is 0 Å². The van der Waals surface area contributed by atoms with Crippen LogP contribution in [0.3, 0.4) is 0 Å². The van der Waals surface area contributed by atoms with Crippen molar-refractivity contribution < 1.29 is 39.9 Å². The number of fused-ring (bicyclic) bond motifs is 2. The van der Waals surface area contributed by atoms with Crippen molar-refractivity contribution in [2.45, 2.75) is 0 Å². The fraction of sp³-hybridized carbons (Fsp3) is 0.0370. The summed E-state index contributed by atoms with van der Waals surface area (Å²) >= 11 is 0. The molecule has 5 aromatic carbocycles. The van der Waals surface area contributed by atoms with Gasteiger partial charge in [-0.3, -0.25) is 0 Å². The summed E-state index contributed by atoms with van der Waals surface area (Å²) < 4.78 is 123. The van der Waals surface area contributed by atoms with E-state index in [1.54, 1.807) is 0 Å². The van der Waals surface area contributed by atoms with Crippen molar-refractivity contribution in [3.05, 3.63) is 101 Å². The topological polar surface area (TPSA) is 9.23 Å². The van der Waals surface area contributed by atoms with Crippen LogP contribution in [0.2, 0.25) is 0 Å². The van der Waals surface area contributed by atoms with Crippen molar-refractivity contribution in [3.8, 4) is 28.0 Å². The molecule has 0 aromatic heterocycles. The summed E-state index contributed by atoms with van der Waals surface area (Å²) in [6.45, 7) is 0. The van der Waals surface area contributed by atoms with Gasteiger partial charge in [-0.25, -0.2) is 35.1 Å². The molecule has 0 fully saturated rings. The molecule has 9 heteroatoms. The van der Waals surface area contributed by atoms with Gasteiger partial charge in [0.05, 0.1) is 12.7 Å². The SMILES string of the molecule is COc1cc(F)c(-c2c3ccccc3c(-c3ccc(F)cc3F)c3c(F)c(F)c(F)c(F)c23)c(F)c1. The second-order valence-electron chi connectivity index (χ2n) is 7.89. The maximum absolute atomic E-state index is 15.4. The Labute approximate surface area is 198 Å². The van der Waals surface area contributed by atoms with Gasteiger partial charge in [-0.05, 0) is 22.9 Å². The van der Waals surface area contributed by atoms with Gasteiger partial charge in [0.1, 0.15) is 29.0 Å². The van der Waals surface area contributed by atoms with Gasteiger partial charge < -0.3 is 4.74 Å². The van der Waals surface area contributed by atoms with E-state index in [1.807, 2.05) is 0 Å². The third-order valence-corrected chi connectivity index (χ3v) is 5.93. The fourth-order valence-corrected chi connectivity index (χ4v) is 4.43. The Bertz CT molecular complexity index is 1690. The molecule has 0 heterocycles. The molecule has 0 bridgehead atoms. The molecule has 0 radical (unpaired) electrons. The Kier molecular flexibility index (Phi) is 5.58. The molecule has 0 aliphatic heterocycles. The fourth-order valence-electron chi connectivity index (χ4n) is 4.43. The number of methoxy groups -OCH3 is 1. The van der Waals surface area contributed by atoms with Crippen molar-refractivity contribution >= 4 is 21.5 Å². The van der Waals surface area contributed by atoms with E-state index in [4.69, 9.17) is 4.74 Å². The number of hydrogen-bond donors (Lipinski definition) is 0. The molecule has 0 atom stereocenters. The van der Waals surface area contributed by atoms with E-state index in [0.29, 0.717) is 6.07 Å². The Hall–Kier alpha value is -4.14. The van der Waals surface area contributed by atoms with E-state index in [-0.39, 0.29) is 16.5 Å². The van der Waals surface area contributed by atoms with E-state index in [9.17, 15) is 17.6 Å². The minimum Gasteiger partial charge on any atom is -0.497 e. The van der Waals surface area contributed by atoms with E-state index >= 15 is 17.6 Å². The van der Waals surface area contributed by atoms with Gasteiger partial charge in [0.25, 0.3) is 0 Å². The lowest BCUT2D eigenvalue weighted by Crippen LogP contribution is -2.04. The van der Waals surface area contributed by atoms with Crippen molar-refractivity contribution in [2.24, 2.45) is 0 Å². The summed E-state index contributed by atoms with van der Waals surface area (Å²) in [5.41, 5.74) is -2.41. The lowest BCUT2D eigenvalue weighted by atomic mass is 9.84. The average molecular weight is 504 g/mol. The van der Waals surface area contributed by atoms with Crippen molar-refractivity contribution in [2.75, 3.05) is 7.11 Å². The van der Waals surface area contributed by atoms with Crippen molar-refractivity contribution in [3.63, 3.8) is 0 Å². The largest absolute Gasteiger partial charge is 0.497 e. The standard InChI is InChI=1S/C27H12F8O/c1-36-12-9-17(30)21(18(31)10-12)20-14-5-3-2-4-13(14)19(15-7-6-11(28)8-16(15)29)22-23(20)25(33)27(35)26(34)24(22)32/h2-10H,1H3. The molecular formula is C27H12F8O. The summed E-state index contributed by atoms with van der Waals surface area (Å²) in [4.78, 5) is 0. The Balaban J connectivity index is 2.12. The lowest BCUT2D eigenvalue weighted by molar-refractivity contribution is 0.407. The highest BCUT2D eigenvalue weighted by molar-refractivity contribution is 6.21. The highest BCUT2D eigenvalue weighted by atomic mass is 19.2. The summed E-state index contributed by atoms with van der Waals surface area (Å²) in [5, 5.41) is -2.20.